The number of aromatic nitrogens is 2. The first-order valence-corrected chi connectivity index (χ1v) is 9.74. The number of nitrogens with two attached hydrogens (primary N) is 1. The van der Waals surface area contributed by atoms with Crippen LogP contribution in [0.5, 0.6) is 0 Å². The molecule has 1 unspecified atom stereocenters. The molecule has 0 saturated heterocycles. The molecule has 8 nitrogen and oxygen atoms in total. The predicted octanol–water partition coefficient (Wildman–Crippen LogP) is 1.29. The topological polar surface area (TPSA) is 110 Å². The van der Waals surface area contributed by atoms with Gasteiger partial charge >= 0.3 is 10.2 Å². The summed E-state index contributed by atoms with van der Waals surface area (Å²) in [5.74, 6) is -1.86. The first kappa shape index (κ1) is 19.8. The number of imidazole rings is 1. The van der Waals surface area contributed by atoms with E-state index in [2.05, 4.69) is 10.3 Å². The number of benzene rings is 2. The van der Waals surface area contributed by atoms with Crippen molar-refractivity contribution >= 4 is 33.1 Å². The molecule has 0 saturated carbocycles. The van der Waals surface area contributed by atoms with Gasteiger partial charge in [0.05, 0.1) is 17.0 Å². The molecule has 3 rings (SSSR count). The van der Waals surface area contributed by atoms with Gasteiger partial charge in [-0.3, -0.25) is 4.79 Å². The van der Waals surface area contributed by atoms with Crippen LogP contribution in [0.3, 0.4) is 0 Å². The lowest BCUT2D eigenvalue weighted by molar-refractivity contribution is -0.121. The molecule has 0 spiro atoms. The molecule has 3 N–H and O–H groups in total. The van der Waals surface area contributed by atoms with Crippen molar-refractivity contribution in [3.63, 3.8) is 0 Å². The maximum atomic E-state index is 13.7. The minimum Gasteiger partial charge on any atom is -0.368 e. The third-order valence-corrected chi connectivity index (χ3v) is 6.15. The Morgan fingerprint density at radius 2 is 1.89 bits per heavy atom. The van der Waals surface area contributed by atoms with Crippen LogP contribution in [0.2, 0.25) is 0 Å². The van der Waals surface area contributed by atoms with Gasteiger partial charge in [-0.15, -0.1) is 0 Å². The van der Waals surface area contributed by atoms with E-state index in [0.717, 1.165) is 8.28 Å². The number of nitrogens with zero attached hydrogens (tertiary/aromatic N) is 3. The van der Waals surface area contributed by atoms with Crippen LogP contribution in [0, 0.1) is 5.82 Å². The predicted molar refractivity (Wildman–Crippen MR) is 104 cm³/mol. The van der Waals surface area contributed by atoms with Crippen LogP contribution in [0.25, 0.3) is 11.0 Å². The van der Waals surface area contributed by atoms with Crippen LogP contribution in [-0.2, 0) is 15.0 Å². The second-order valence-electron chi connectivity index (χ2n) is 6.37. The van der Waals surface area contributed by atoms with Crippen molar-refractivity contribution in [2.24, 2.45) is 0 Å². The first-order valence-electron chi connectivity index (χ1n) is 8.34. The quantitative estimate of drug-likeness (QED) is 0.665. The number of hydrogen-bond acceptors (Lipinski definition) is 5. The molecule has 3 aromatic rings. The fourth-order valence-electron chi connectivity index (χ4n) is 3.00. The Labute approximate surface area is 162 Å². The number of carbonyl (C=O) groups excluding carboxylic acids is 1. The third-order valence-electron chi connectivity index (χ3n) is 4.38. The van der Waals surface area contributed by atoms with Gasteiger partial charge in [-0.25, -0.2) is 9.37 Å². The van der Waals surface area contributed by atoms with Crippen molar-refractivity contribution in [1.29, 1.82) is 0 Å². The molecule has 0 aliphatic rings. The summed E-state index contributed by atoms with van der Waals surface area (Å²) < 4.78 is 41.0. The van der Waals surface area contributed by atoms with Crippen molar-refractivity contribution < 1.29 is 17.6 Å². The number of nitrogens with one attached hydrogen (secondary N) is 1. The molecule has 1 aromatic heterocycles. The summed E-state index contributed by atoms with van der Waals surface area (Å²) in [6.45, 7) is 0. The minimum atomic E-state index is -3.93. The molecule has 2 aromatic carbocycles. The maximum Gasteiger partial charge on any atom is 0.310 e. The van der Waals surface area contributed by atoms with Gasteiger partial charge < -0.3 is 11.1 Å². The Balaban J connectivity index is 2.26. The summed E-state index contributed by atoms with van der Waals surface area (Å²) >= 11 is 0. The molecule has 0 aliphatic carbocycles. The average molecular weight is 405 g/mol. The zero-order valence-corrected chi connectivity index (χ0v) is 16.4. The van der Waals surface area contributed by atoms with Crippen molar-refractivity contribution in [1.82, 2.24) is 18.6 Å². The standard InChI is InChI=1S/C18H20FN5O3S/c1-21-17(25)16(11-5-4-6-13(19)9-11)12-7-8-14-15(10-12)24(18(20)22-14)28(26,27)23(2)3/h4-10,16H,1-3H3,(H2,20,22)(H,21,25). The summed E-state index contributed by atoms with van der Waals surface area (Å²) in [6, 6.07) is 10.5. The van der Waals surface area contributed by atoms with Crippen LogP contribution >= 0.6 is 0 Å². The number of carbonyl (C=O) groups is 1. The van der Waals surface area contributed by atoms with E-state index in [1.807, 2.05) is 0 Å². The van der Waals surface area contributed by atoms with Crippen LogP contribution in [0.4, 0.5) is 10.3 Å². The van der Waals surface area contributed by atoms with E-state index in [9.17, 15) is 17.6 Å². The summed E-state index contributed by atoms with van der Waals surface area (Å²) in [7, 11) is 0.309. The number of likely N-dealkylation sites (N-methyl/N-ethyl adjacent to an activating group) is 1. The monoisotopic (exact) mass is 405 g/mol. The molecular weight excluding hydrogens is 385 g/mol. The van der Waals surface area contributed by atoms with Gasteiger partial charge in [-0.05, 0) is 35.4 Å². The van der Waals surface area contributed by atoms with E-state index in [1.165, 1.54) is 45.4 Å². The fraction of sp³-hybridized carbons (Fsp3) is 0.222. The van der Waals surface area contributed by atoms with Crippen LogP contribution < -0.4 is 11.1 Å². The number of fused-ring (bicyclic) bond motifs is 1. The van der Waals surface area contributed by atoms with E-state index in [-0.39, 0.29) is 17.4 Å². The summed E-state index contributed by atoms with van der Waals surface area (Å²) in [4.78, 5) is 16.6. The summed E-state index contributed by atoms with van der Waals surface area (Å²) in [5, 5.41) is 2.56. The molecule has 1 amide bonds. The lowest BCUT2D eigenvalue weighted by Gasteiger charge is -2.18. The Kier molecular flexibility index (Phi) is 5.09. The largest absolute Gasteiger partial charge is 0.368 e. The summed E-state index contributed by atoms with van der Waals surface area (Å²) in [5.41, 5.74) is 7.35. The molecule has 148 valence electrons. The minimum absolute atomic E-state index is 0.192. The van der Waals surface area contributed by atoms with Crippen molar-refractivity contribution in [2.75, 3.05) is 26.9 Å². The molecule has 10 heteroatoms. The van der Waals surface area contributed by atoms with Gasteiger partial charge in [0.25, 0.3) is 0 Å². The number of amides is 1. The normalized spacial score (nSPS) is 13.0. The van der Waals surface area contributed by atoms with Crippen molar-refractivity contribution in [3.05, 3.63) is 59.4 Å². The lowest BCUT2D eigenvalue weighted by atomic mass is 9.90. The number of anilines is 1. The van der Waals surface area contributed by atoms with Crippen LogP contribution in [-0.4, -0.2) is 48.7 Å². The zero-order chi connectivity index (χ0) is 20.6. The number of hydrogen-bond donors (Lipinski definition) is 2. The molecule has 28 heavy (non-hydrogen) atoms. The average Bonchev–Trinajstić information content (AvgIpc) is 2.97. The molecule has 1 heterocycles. The van der Waals surface area contributed by atoms with E-state index < -0.39 is 21.9 Å². The molecule has 1 atom stereocenters. The van der Waals surface area contributed by atoms with Gasteiger partial charge in [0, 0.05) is 21.1 Å². The van der Waals surface area contributed by atoms with E-state index >= 15 is 0 Å². The molecular formula is C18H20FN5O3S. The highest BCUT2D eigenvalue weighted by atomic mass is 32.2. The fourth-order valence-corrected chi connectivity index (χ4v) is 4.00. The Morgan fingerprint density at radius 3 is 2.50 bits per heavy atom. The Bertz CT molecular complexity index is 1160. The van der Waals surface area contributed by atoms with E-state index in [4.69, 9.17) is 5.73 Å². The highest BCUT2D eigenvalue weighted by Gasteiger charge is 2.26. The highest BCUT2D eigenvalue weighted by molar-refractivity contribution is 7.87. The van der Waals surface area contributed by atoms with Gasteiger partial charge in [-0.2, -0.15) is 16.7 Å². The molecule has 0 fully saturated rings. The second-order valence-corrected chi connectivity index (χ2v) is 8.37. The smallest absolute Gasteiger partial charge is 0.310 e. The number of rotatable bonds is 5. The molecule has 0 aliphatic heterocycles. The van der Waals surface area contributed by atoms with E-state index in [1.54, 1.807) is 18.2 Å². The Hall–Kier alpha value is -2.98. The Morgan fingerprint density at radius 1 is 1.21 bits per heavy atom. The van der Waals surface area contributed by atoms with Crippen molar-refractivity contribution in [3.8, 4) is 0 Å². The summed E-state index contributed by atoms with van der Waals surface area (Å²) in [6.07, 6.45) is 0. The lowest BCUT2D eigenvalue weighted by Crippen LogP contribution is -2.30. The number of nitrogen functional groups attached to an aromatic ring is 1. The molecule has 0 bridgehead atoms. The zero-order valence-electron chi connectivity index (χ0n) is 15.5. The third kappa shape index (κ3) is 3.32. The van der Waals surface area contributed by atoms with Gasteiger partial charge in [0.1, 0.15) is 5.82 Å². The van der Waals surface area contributed by atoms with Crippen LogP contribution in [0.15, 0.2) is 42.5 Å². The van der Waals surface area contributed by atoms with E-state index in [0.29, 0.717) is 16.6 Å². The second kappa shape index (κ2) is 7.21. The van der Waals surface area contributed by atoms with Crippen LogP contribution in [0.1, 0.15) is 17.0 Å². The van der Waals surface area contributed by atoms with Gasteiger partial charge in [0.2, 0.25) is 11.9 Å². The molecule has 0 radical (unpaired) electrons. The maximum absolute atomic E-state index is 13.7. The SMILES string of the molecule is CNC(=O)C(c1cccc(F)c1)c1ccc2nc(N)n(S(=O)(=O)N(C)C)c2c1. The van der Waals surface area contributed by atoms with Gasteiger partial charge in [-0.1, -0.05) is 18.2 Å². The van der Waals surface area contributed by atoms with Crippen molar-refractivity contribution in [2.45, 2.75) is 5.92 Å². The first-order chi connectivity index (χ1) is 13.2. The highest BCUT2D eigenvalue weighted by Crippen LogP contribution is 2.30. The van der Waals surface area contributed by atoms with Gasteiger partial charge in [0.15, 0.2) is 0 Å². The number of halogens is 1.